The van der Waals surface area contributed by atoms with Crippen molar-refractivity contribution in [1.82, 2.24) is 0 Å². The highest BCUT2D eigenvalue weighted by Crippen LogP contribution is 2.48. The molecule has 2 saturated carbocycles. The third-order valence-corrected chi connectivity index (χ3v) is 3.32. The third-order valence-electron chi connectivity index (χ3n) is 3.32. The van der Waals surface area contributed by atoms with Crippen molar-refractivity contribution in [3.63, 3.8) is 0 Å². The number of hydrogen-bond donors (Lipinski definition) is 0. The van der Waals surface area contributed by atoms with Crippen molar-refractivity contribution in [2.75, 3.05) is 0 Å². The number of Topliss-reactive ketones (excluding diaryl/α,β-unsaturated/α-hetero) is 1. The fraction of sp³-hybridized carbons (Fsp3) is 0.545. The molecule has 12 heavy (non-hydrogen) atoms. The predicted octanol–water partition coefficient (Wildman–Crippen LogP) is 2.34. The fourth-order valence-electron chi connectivity index (χ4n) is 2.69. The van der Waals surface area contributed by atoms with Crippen LogP contribution in [-0.2, 0) is 4.79 Å². The topological polar surface area (TPSA) is 17.1 Å². The number of carbonyl (C=O) groups is 1. The highest BCUT2D eigenvalue weighted by atomic mass is 16.1. The van der Waals surface area contributed by atoms with Gasteiger partial charge in [0.2, 0.25) is 0 Å². The molecule has 2 fully saturated rings. The SMILES string of the molecule is C=CC1C(=C)CC2C(=O)CCC12. The molecule has 3 atom stereocenters. The second-order valence-corrected chi connectivity index (χ2v) is 3.90. The summed E-state index contributed by atoms with van der Waals surface area (Å²) in [6.45, 7) is 7.81. The summed E-state index contributed by atoms with van der Waals surface area (Å²) in [7, 11) is 0. The van der Waals surface area contributed by atoms with Gasteiger partial charge in [0.05, 0.1) is 0 Å². The van der Waals surface area contributed by atoms with E-state index in [0.717, 1.165) is 19.3 Å². The zero-order chi connectivity index (χ0) is 8.72. The Hall–Kier alpha value is -0.850. The number of carbonyl (C=O) groups excluding carboxylic acids is 1. The van der Waals surface area contributed by atoms with Gasteiger partial charge in [-0.15, -0.1) is 6.58 Å². The average Bonchev–Trinajstić information content (AvgIpc) is 2.52. The van der Waals surface area contributed by atoms with Gasteiger partial charge in [0.1, 0.15) is 5.78 Å². The van der Waals surface area contributed by atoms with Gasteiger partial charge in [-0.1, -0.05) is 18.2 Å². The van der Waals surface area contributed by atoms with Gasteiger partial charge in [-0.3, -0.25) is 4.79 Å². The van der Waals surface area contributed by atoms with Crippen LogP contribution in [0.2, 0.25) is 0 Å². The van der Waals surface area contributed by atoms with E-state index in [1.54, 1.807) is 0 Å². The Labute approximate surface area is 73.2 Å². The van der Waals surface area contributed by atoms with Gasteiger partial charge in [-0.05, 0) is 18.8 Å². The monoisotopic (exact) mass is 162 g/mol. The normalized spacial score (nSPS) is 40.2. The van der Waals surface area contributed by atoms with E-state index < -0.39 is 0 Å². The van der Waals surface area contributed by atoms with E-state index in [4.69, 9.17) is 0 Å². The molecule has 0 N–H and O–H groups in total. The minimum Gasteiger partial charge on any atom is -0.299 e. The molecular weight excluding hydrogens is 148 g/mol. The van der Waals surface area contributed by atoms with Gasteiger partial charge in [-0.2, -0.15) is 0 Å². The smallest absolute Gasteiger partial charge is 0.136 e. The molecule has 1 heteroatoms. The van der Waals surface area contributed by atoms with Crippen molar-refractivity contribution in [2.45, 2.75) is 19.3 Å². The standard InChI is InChI=1S/C11H14O/c1-3-8-7(2)6-10-9(8)4-5-11(10)12/h3,8-10H,1-2,4-6H2. The molecule has 0 radical (unpaired) electrons. The van der Waals surface area contributed by atoms with Gasteiger partial charge in [-0.25, -0.2) is 0 Å². The second-order valence-electron chi connectivity index (χ2n) is 3.90. The van der Waals surface area contributed by atoms with Crippen molar-refractivity contribution in [2.24, 2.45) is 17.8 Å². The van der Waals surface area contributed by atoms with Crippen molar-refractivity contribution in [3.05, 3.63) is 24.8 Å². The molecule has 0 aliphatic heterocycles. The van der Waals surface area contributed by atoms with Crippen LogP contribution in [0.25, 0.3) is 0 Å². The summed E-state index contributed by atoms with van der Waals surface area (Å²) in [5, 5.41) is 0. The molecule has 3 unspecified atom stereocenters. The summed E-state index contributed by atoms with van der Waals surface area (Å²) in [5.41, 5.74) is 1.22. The number of rotatable bonds is 1. The minimum atomic E-state index is 0.292. The Bertz CT molecular complexity index is 252. The van der Waals surface area contributed by atoms with Crippen LogP contribution in [-0.4, -0.2) is 5.78 Å². The molecule has 0 heterocycles. The van der Waals surface area contributed by atoms with E-state index in [2.05, 4.69) is 13.2 Å². The van der Waals surface area contributed by atoms with Crippen LogP contribution in [0.1, 0.15) is 19.3 Å². The Kier molecular flexibility index (Phi) is 1.67. The first-order chi connectivity index (χ1) is 5.74. The molecule has 0 bridgehead atoms. The molecule has 2 rings (SSSR count). The van der Waals surface area contributed by atoms with E-state index in [9.17, 15) is 4.79 Å². The van der Waals surface area contributed by atoms with Gasteiger partial charge in [0.25, 0.3) is 0 Å². The summed E-state index contributed by atoms with van der Waals surface area (Å²) in [4.78, 5) is 11.4. The first-order valence-electron chi connectivity index (χ1n) is 4.57. The van der Waals surface area contributed by atoms with E-state index >= 15 is 0 Å². The minimum absolute atomic E-state index is 0.292. The Morgan fingerprint density at radius 3 is 2.92 bits per heavy atom. The van der Waals surface area contributed by atoms with E-state index in [1.165, 1.54) is 5.57 Å². The Morgan fingerprint density at radius 2 is 2.25 bits per heavy atom. The zero-order valence-electron chi connectivity index (χ0n) is 7.25. The van der Waals surface area contributed by atoms with Gasteiger partial charge < -0.3 is 0 Å². The van der Waals surface area contributed by atoms with Crippen LogP contribution in [0.5, 0.6) is 0 Å². The summed E-state index contributed by atoms with van der Waals surface area (Å²) in [5.74, 6) is 1.70. The maximum Gasteiger partial charge on any atom is 0.136 e. The van der Waals surface area contributed by atoms with Crippen LogP contribution >= 0.6 is 0 Å². The molecule has 0 aromatic carbocycles. The Balaban J connectivity index is 2.26. The predicted molar refractivity (Wildman–Crippen MR) is 48.7 cm³/mol. The lowest BCUT2D eigenvalue weighted by molar-refractivity contribution is -0.120. The summed E-state index contributed by atoms with van der Waals surface area (Å²) < 4.78 is 0. The Morgan fingerprint density at radius 1 is 1.50 bits per heavy atom. The highest BCUT2D eigenvalue weighted by molar-refractivity contribution is 5.84. The summed E-state index contributed by atoms with van der Waals surface area (Å²) >= 11 is 0. The molecular formula is C11H14O. The largest absolute Gasteiger partial charge is 0.299 e. The van der Waals surface area contributed by atoms with E-state index in [0.29, 0.717) is 23.5 Å². The third kappa shape index (κ3) is 0.889. The van der Waals surface area contributed by atoms with Crippen molar-refractivity contribution >= 4 is 5.78 Å². The molecule has 0 aromatic heterocycles. The highest BCUT2D eigenvalue weighted by Gasteiger charge is 2.44. The molecule has 1 nitrogen and oxygen atoms in total. The molecule has 2 aliphatic rings. The average molecular weight is 162 g/mol. The fourth-order valence-corrected chi connectivity index (χ4v) is 2.69. The first-order valence-corrected chi connectivity index (χ1v) is 4.57. The molecule has 64 valence electrons. The molecule has 2 aliphatic carbocycles. The number of fused-ring (bicyclic) bond motifs is 1. The molecule has 0 spiro atoms. The number of allylic oxidation sites excluding steroid dienone is 2. The van der Waals surface area contributed by atoms with Gasteiger partial charge >= 0.3 is 0 Å². The van der Waals surface area contributed by atoms with Crippen LogP contribution in [0, 0.1) is 17.8 Å². The maximum atomic E-state index is 11.4. The molecule has 0 saturated heterocycles. The number of hydrogen-bond acceptors (Lipinski definition) is 1. The first kappa shape index (κ1) is 7.78. The maximum absolute atomic E-state index is 11.4. The van der Waals surface area contributed by atoms with E-state index in [1.807, 2.05) is 6.08 Å². The second kappa shape index (κ2) is 2.58. The van der Waals surface area contributed by atoms with Crippen molar-refractivity contribution in [3.8, 4) is 0 Å². The van der Waals surface area contributed by atoms with Crippen LogP contribution < -0.4 is 0 Å². The van der Waals surface area contributed by atoms with Crippen molar-refractivity contribution in [1.29, 1.82) is 0 Å². The zero-order valence-corrected chi connectivity index (χ0v) is 7.25. The van der Waals surface area contributed by atoms with Crippen molar-refractivity contribution < 1.29 is 4.79 Å². The van der Waals surface area contributed by atoms with E-state index in [-0.39, 0.29) is 0 Å². The van der Waals surface area contributed by atoms with Gasteiger partial charge in [0.15, 0.2) is 0 Å². The lowest BCUT2D eigenvalue weighted by atomic mass is 9.91. The van der Waals surface area contributed by atoms with Crippen LogP contribution in [0.4, 0.5) is 0 Å². The van der Waals surface area contributed by atoms with Gasteiger partial charge in [0, 0.05) is 18.3 Å². The summed E-state index contributed by atoms with van der Waals surface area (Å²) in [6.07, 6.45) is 4.72. The lowest BCUT2D eigenvalue weighted by Crippen LogP contribution is -2.10. The molecule has 0 amide bonds. The lowest BCUT2D eigenvalue weighted by Gasteiger charge is -2.12. The van der Waals surface area contributed by atoms with Crippen LogP contribution in [0.15, 0.2) is 24.8 Å². The number of ketones is 1. The van der Waals surface area contributed by atoms with Crippen LogP contribution in [0.3, 0.4) is 0 Å². The molecule has 0 aromatic rings. The quantitative estimate of drug-likeness (QED) is 0.541. The summed E-state index contributed by atoms with van der Waals surface area (Å²) in [6, 6.07) is 0.